The Kier molecular flexibility index (Phi) is 5.15. The molecule has 1 atom stereocenters. The normalized spacial score (nSPS) is 16.2. The number of hydrogen-bond acceptors (Lipinski definition) is 5. The summed E-state index contributed by atoms with van der Waals surface area (Å²) in [5.41, 5.74) is 0.929. The van der Waals surface area contributed by atoms with Gasteiger partial charge in [-0.3, -0.25) is 19.1 Å². The number of pyridine rings is 1. The van der Waals surface area contributed by atoms with Gasteiger partial charge in [0.2, 0.25) is 0 Å². The summed E-state index contributed by atoms with van der Waals surface area (Å²) in [6, 6.07) is 9.32. The van der Waals surface area contributed by atoms with Gasteiger partial charge in [0.25, 0.3) is 11.5 Å². The number of nitrogens with zero attached hydrogens (tertiary/aromatic N) is 3. The van der Waals surface area contributed by atoms with Gasteiger partial charge < -0.3 is 9.64 Å². The fraction of sp³-hybridized carbons (Fsp3) is 0.364. The second-order valence-corrected chi connectivity index (χ2v) is 7.49. The molecule has 0 spiro atoms. The smallest absolute Gasteiger partial charge is 0.329 e. The van der Waals surface area contributed by atoms with E-state index in [1.807, 2.05) is 31.2 Å². The molecule has 0 bridgehead atoms. The Morgan fingerprint density at radius 2 is 2.00 bits per heavy atom. The van der Waals surface area contributed by atoms with Crippen LogP contribution in [-0.2, 0) is 7.05 Å². The maximum atomic E-state index is 13.5. The zero-order chi connectivity index (χ0) is 21.4. The van der Waals surface area contributed by atoms with Gasteiger partial charge in [-0.25, -0.2) is 9.78 Å². The van der Waals surface area contributed by atoms with E-state index in [2.05, 4.69) is 9.97 Å². The van der Waals surface area contributed by atoms with Gasteiger partial charge in [0, 0.05) is 19.3 Å². The van der Waals surface area contributed by atoms with E-state index >= 15 is 0 Å². The predicted octanol–water partition coefficient (Wildman–Crippen LogP) is 2.31. The molecule has 0 aliphatic carbocycles. The maximum Gasteiger partial charge on any atom is 0.329 e. The molecule has 3 heterocycles. The quantitative estimate of drug-likeness (QED) is 0.714. The van der Waals surface area contributed by atoms with Gasteiger partial charge in [0.15, 0.2) is 0 Å². The molecule has 0 saturated carbocycles. The van der Waals surface area contributed by atoms with Crippen LogP contribution in [0.3, 0.4) is 0 Å². The summed E-state index contributed by atoms with van der Waals surface area (Å²) in [7, 11) is 1.53. The van der Waals surface area contributed by atoms with Gasteiger partial charge in [-0.15, -0.1) is 0 Å². The Hall–Kier alpha value is -3.42. The average molecular weight is 408 g/mol. The van der Waals surface area contributed by atoms with Crippen LogP contribution in [0.2, 0.25) is 0 Å². The Labute approximate surface area is 173 Å². The molecule has 1 aromatic carbocycles. The van der Waals surface area contributed by atoms with Crippen LogP contribution in [0.5, 0.6) is 5.75 Å². The molecule has 1 N–H and O–H groups in total. The molecule has 1 aliphatic rings. The lowest BCUT2D eigenvalue weighted by Gasteiger charge is -2.26. The van der Waals surface area contributed by atoms with Gasteiger partial charge in [-0.1, -0.05) is 12.1 Å². The number of nitrogens with one attached hydrogen (secondary N) is 1. The average Bonchev–Trinajstić information content (AvgIpc) is 3.21. The Bertz CT molecular complexity index is 1230. The molecule has 3 aromatic rings. The van der Waals surface area contributed by atoms with Crippen LogP contribution in [0.15, 0.2) is 39.9 Å². The first-order valence-electron chi connectivity index (χ1n) is 10.0. The van der Waals surface area contributed by atoms with Crippen molar-refractivity contribution in [3.8, 4) is 5.75 Å². The Balaban J connectivity index is 1.77. The van der Waals surface area contributed by atoms with Crippen LogP contribution >= 0.6 is 0 Å². The summed E-state index contributed by atoms with van der Waals surface area (Å²) in [5, 5.41) is 0.144. The fourth-order valence-corrected chi connectivity index (χ4v) is 4.10. The molecule has 8 nitrogen and oxygen atoms in total. The van der Waals surface area contributed by atoms with Gasteiger partial charge >= 0.3 is 5.69 Å². The molecule has 0 radical (unpaired) electrons. The number of aromatic amines is 1. The third kappa shape index (κ3) is 3.38. The summed E-state index contributed by atoms with van der Waals surface area (Å²) in [6.07, 6.45) is 1.72. The summed E-state index contributed by atoms with van der Waals surface area (Å²) < 4.78 is 6.77. The lowest BCUT2D eigenvalue weighted by atomic mass is 10.0. The van der Waals surface area contributed by atoms with Crippen LogP contribution in [0.1, 0.15) is 47.4 Å². The molecular weight excluding hydrogens is 384 g/mol. The van der Waals surface area contributed by atoms with E-state index in [0.29, 0.717) is 18.8 Å². The first-order valence-corrected chi connectivity index (χ1v) is 10.0. The minimum absolute atomic E-state index is 0.0803. The monoisotopic (exact) mass is 408 g/mol. The van der Waals surface area contributed by atoms with Crippen molar-refractivity contribution in [1.82, 2.24) is 19.4 Å². The number of aromatic nitrogens is 3. The zero-order valence-electron chi connectivity index (χ0n) is 17.3. The number of benzene rings is 1. The number of carbonyl (C=O) groups is 1. The highest BCUT2D eigenvalue weighted by Gasteiger charge is 2.32. The van der Waals surface area contributed by atoms with Crippen molar-refractivity contribution in [2.45, 2.75) is 32.7 Å². The highest BCUT2D eigenvalue weighted by Crippen LogP contribution is 2.34. The third-order valence-electron chi connectivity index (χ3n) is 5.52. The SMILES string of the molecule is CCOc1ccc(C2CCCN2C(=O)c2cc(C)nc3c2c(=O)[nH]c(=O)n3C)cc1. The molecule has 30 heavy (non-hydrogen) atoms. The molecule has 156 valence electrons. The van der Waals surface area contributed by atoms with Crippen LogP contribution in [0.25, 0.3) is 11.0 Å². The molecule has 1 amide bonds. The topological polar surface area (TPSA) is 97.3 Å². The van der Waals surface area contributed by atoms with E-state index in [-0.39, 0.29) is 28.5 Å². The number of fused-ring (bicyclic) bond motifs is 1. The van der Waals surface area contributed by atoms with Crippen LogP contribution in [0, 0.1) is 6.92 Å². The second kappa shape index (κ2) is 7.78. The van der Waals surface area contributed by atoms with Crippen molar-refractivity contribution in [3.63, 3.8) is 0 Å². The number of likely N-dealkylation sites (tertiary alicyclic amines) is 1. The summed E-state index contributed by atoms with van der Waals surface area (Å²) >= 11 is 0. The van der Waals surface area contributed by atoms with Crippen molar-refractivity contribution in [1.29, 1.82) is 0 Å². The van der Waals surface area contributed by atoms with Gasteiger partial charge in [0.1, 0.15) is 11.4 Å². The Morgan fingerprint density at radius 3 is 2.70 bits per heavy atom. The van der Waals surface area contributed by atoms with Gasteiger partial charge in [-0.2, -0.15) is 0 Å². The summed E-state index contributed by atoms with van der Waals surface area (Å²) in [5.74, 6) is 0.561. The van der Waals surface area contributed by atoms with Crippen LogP contribution in [0.4, 0.5) is 0 Å². The van der Waals surface area contributed by atoms with E-state index in [1.54, 1.807) is 17.9 Å². The summed E-state index contributed by atoms with van der Waals surface area (Å²) in [4.78, 5) is 46.5. The first kappa shape index (κ1) is 19.9. The number of H-pyrrole nitrogens is 1. The molecule has 2 aromatic heterocycles. The van der Waals surface area contributed by atoms with Crippen molar-refractivity contribution < 1.29 is 9.53 Å². The first-order chi connectivity index (χ1) is 14.4. The van der Waals surface area contributed by atoms with E-state index in [9.17, 15) is 14.4 Å². The van der Waals surface area contributed by atoms with Crippen molar-refractivity contribution in [3.05, 3.63) is 68.0 Å². The van der Waals surface area contributed by atoms with E-state index in [4.69, 9.17) is 4.74 Å². The number of aryl methyl sites for hydroxylation is 2. The molecule has 1 fully saturated rings. The maximum absolute atomic E-state index is 13.5. The van der Waals surface area contributed by atoms with Crippen molar-refractivity contribution in [2.75, 3.05) is 13.2 Å². The number of rotatable bonds is 4. The Morgan fingerprint density at radius 1 is 1.27 bits per heavy atom. The number of amides is 1. The number of hydrogen-bond donors (Lipinski definition) is 1. The molecule has 8 heteroatoms. The zero-order valence-corrected chi connectivity index (χ0v) is 17.3. The molecule has 1 aliphatic heterocycles. The van der Waals surface area contributed by atoms with E-state index in [1.165, 1.54) is 11.6 Å². The van der Waals surface area contributed by atoms with Crippen LogP contribution < -0.4 is 16.0 Å². The second-order valence-electron chi connectivity index (χ2n) is 7.49. The molecule has 4 rings (SSSR count). The highest BCUT2D eigenvalue weighted by atomic mass is 16.5. The predicted molar refractivity (Wildman–Crippen MR) is 113 cm³/mol. The lowest BCUT2D eigenvalue weighted by molar-refractivity contribution is 0.0737. The van der Waals surface area contributed by atoms with Gasteiger partial charge in [0.05, 0.1) is 23.6 Å². The van der Waals surface area contributed by atoms with Crippen molar-refractivity contribution >= 4 is 16.9 Å². The largest absolute Gasteiger partial charge is 0.494 e. The third-order valence-corrected chi connectivity index (χ3v) is 5.52. The van der Waals surface area contributed by atoms with Crippen LogP contribution in [-0.4, -0.2) is 38.5 Å². The fourth-order valence-electron chi connectivity index (χ4n) is 4.10. The minimum Gasteiger partial charge on any atom is -0.494 e. The standard InChI is InChI=1S/C22H24N4O4/c1-4-30-15-9-7-14(8-10-15)17-6-5-11-26(17)21(28)16-12-13(2)23-19-18(16)20(27)24-22(29)25(19)3/h7-10,12,17H,4-6,11H2,1-3H3,(H,24,27,29). The summed E-state index contributed by atoms with van der Waals surface area (Å²) in [6.45, 7) is 4.88. The highest BCUT2D eigenvalue weighted by molar-refractivity contribution is 6.05. The lowest BCUT2D eigenvalue weighted by Crippen LogP contribution is -2.34. The van der Waals surface area contributed by atoms with Gasteiger partial charge in [-0.05, 0) is 50.5 Å². The molecule has 1 saturated heterocycles. The van der Waals surface area contributed by atoms with E-state index in [0.717, 1.165) is 24.2 Å². The molecule has 1 unspecified atom stereocenters. The van der Waals surface area contributed by atoms with E-state index < -0.39 is 11.2 Å². The molecular formula is C22H24N4O4. The number of carbonyl (C=O) groups excluding carboxylic acids is 1. The van der Waals surface area contributed by atoms with Crippen molar-refractivity contribution in [2.24, 2.45) is 7.05 Å². The number of ether oxygens (including phenoxy) is 1. The minimum atomic E-state index is -0.597.